The molecule has 104 valence electrons. The summed E-state index contributed by atoms with van der Waals surface area (Å²) in [6, 6.07) is -0.815. The van der Waals surface area contributed by atoms with Gasteiger partial charge < -0.3 is 5.73 Å². The van der Waals surface area contributed by atoms with Gasteiger partial charge in [-0.3, -0.25) is 0 Å². The minimum Gasteiger partial charge on any atom is -0.328 e. The van der Waals surface area contributed by atoms with Crippen LogP contribution in [0.2, 0.25) is 0 Å². The third-order valence-electron chi connectivity index (χ3n) is 2.06. The molecule has 0 saturated heterocycles. The number of alkyl halides is 7. The molecule has 9 heteroatoms. The van der Waals surface area contributed by atoms with Crippen LogP contribution in [0.3, 0.4) is 0 Å². The molecular weight excluding hydrogens is 259 g/mol. The smallest absolute Gasteiger partial charge is 0.328 e. The van der Waals surface area contributed by atoms with Crippen molar-refractivity contribution in [1.82, 2.24) is 0 Å². The van der Waals surface area contributed by atoms with Crippen LogP contribution in [0.15, 0.2) is 0 Å². The molecule has 0 heterocycles. The molecule has 0 aliphatic carbocycles. The maximum Gasteiger partial charge on any atom is 0.525 e. The maximum atomic E-state index is 13.2. The van der Waals surface area contributed by atoms with Gasteiger partial charge in [0.05, 0.1) is 0 Å². The Kier molecular flexibility index (Phi) is 5.20. The average molecular weight is 271 g/mol. The van der Waals surface area contributed by atoms with Gasteiger partial charge in [-0.05, 0) is 12.8 Å². The molecule has 0 bridgehead atoms. The standard InChI is InChI=1S/C8H12F7NO/c1-2-5(16)3-4-6(9,7(10,11)12)17-8(13,14)15/h5H,2-4,16H2,1H3. The van der Waals surface area contributed by atoms with E-state index in [1.165, 1.54) is 6.92 Å². The second kappa shape index (κ2) is 5.38. The summed E-state index contributed by atoms with van der Waals surface area (Å²) in [6.45, 7) is 1.52. The molecule has 0 aromatic rings. The average Bonchev–Trinajstić information content (AvgIpc) is 2.09. The van der Waals surface area contributed by atoms with Crippen LogP contribution < -0.4 is 5.73 Å². The van der Waals surface area contributed by atoms with E-state index in [0.717, 1.165) is 0 Å². The number of halogens is 7. The summed E-state index contributed by atoms with van der Waals surface area (Å²) in [7, 11) is 0. The molecule has 0 aromatic heterocycles. The van der Waals surface area contributed by atoms with Crippen LogP contribution in [0.1, 0.15) is 26.2 Å². The Bertz CT molecular complexity index is 239. The molecule has 0 amide bonds. The van der Waals surface area contributed by atoms with Crippen LogP contribution in [0.4, 0.5) is 30.7 Å². The fourth-order valence-corrected chi connectivity index (χ4v) is 1.01. The Labute approximate surface area is 92.9 Å². The Hall–Kier alpha value is -0.570. The Morgan fingerprint density at radius 2 is 1.53 bits per heavy atom. The van der Waals surface area contributed by atoms with Crippen LogP contribution in [-0.2, 0) is 4.74 Å². The topological polar surface area (TPSA) is 35.2 Å². The molecule has 0 spiro atoms. The van der Waals surface area contributed by atoms with E-state index in [4.69, 9.17) is 5.73 Å². The zero-order valence-corrected chi connectivity index (χ0v) is 8.83. The lowest BCUT2D eigenvalue weighted by Gasteiger charge is -2.29. The number of nitrogens with two attached hydrogens (primary N) is 1. The summed E-state index contributed by atoms with van der Waals surface area (Å²) < 4.78 is 87.2. The predicted molar refractivity (Wildman–Crippen MR) is 44.5 cm³/mol. The van der Waals surface area contributed by atoms with Gasteiger partial charge in [-0.15, -0.1) is 13.2 Å². The quantitative estimate of drug-likeness (QED) is 0.779. The molecule has 17 heavy (non-hydrogen) atoms. The van der Waals surface area contributed by atoms with Crippen molar-refractivity contribution in [2.24, 2.45) is 5.73 Å². The first-order valence-electron chi connectivity index (χ1n) is 4.69. The summed E-state index contributed by atoms with van der Waals surface area (Å²) in [6.07, 6.45) is -13.3. The highest BCUT2D eigenvalue weighted by atomic mass is 19.4. The molecule has 0 aromatic carbocycles. The lowest BCUT2D eigenvalue weighted by atomic mass is 10.0. The summed E-state index contributed by atoms with van der Waals surface area (Å²) in [5.41, 5.74) is 5.22. The minimum atomic E-state index is -5.77. The van der Waals surface area contributed by atoms with Crippen molar-refractivity contribution in [3.05, 3.63) is 0 Å². The summed E-state index contributed by atoms with van der Waals surface area (Å²) >= 11 is 0. The van der Waals surface area contributed by atoms with E-state index in [1.807, 2.05) is 0 Å². The number of hydrogen-bond acceptors (Lipinski definition) is 2. The second-order valence-corrected chi connectivity index (χ2v) is 3.48. The van der Waals surface area contributed by atoms with Crippen LogP contribution in [0.25, 0.3) is 0 Å². The molecule has 2 unspecified atom stereocenters. The van der Waals surface area contributed by atoms with Gasteiger partial charge in [-0.2, -0.15) is 13.2 Å². The largest absolute Gasteiger partial charge is 0.525 e. The zero-order valence-electron chi connectivity index (χ0n) is 8.83. The zero-order chi connectivity index (χ0) is 13.9. The molecule has 2 N–H and O–H groups in total. The van der Waals surface area contributed by atoms with Gasteiger partial charge in [-0.1, -0.05) is 6.92 Å². The van der Waals surface area contributed by atoms with Crippen LogP contribution >= 0.6 is 0 Å². The minimum absolute atomic E-state index is 0.222. The maximum absolute atomic E-state index is 13.2. The SMILES string of the molecule is CCC(N)CCC(F)(OC(F)(F)F)C(F)(F)F. The molecule has 0 rings (SSSR count). The molecule has 0 saturated carbocycles. The van der Waals surface area contributed by atoms with E-state index >= 15 is 0 Å². The Morgan fingerprint density at radius 1 is 1.06 bits per heavy atom. The number of hydrogen-bond donors (Lipinski definition) is 1. The van der Waals surface area contributed by atoms with Crippen LogP contribution in [0.5, 0.6) is 0 Å². The van der Waals surface area contributed by atoms with Gasteiger partial charge >= 0.3 is 18.4 Å². The third kappa shape index (κ3) is 5.53. The number of ether oxygens (including phenoxy) is 1. The highest BCUT2D eigenvalue weighted by Crippen LogP contribution is 2.42. The summed E-state index contributed by atoms with van der Waals surface area (Å²) in [5, 5.41) is 0. The highest BCUT2D eigenvalue weighted by Gasteiger charge is 2.62. The van der Waals surface area contributed by atoms with Crippen molar-refractivity contribution >= 4 is 0 Å². The number of rotatable bonds is 5. The van der Waals surface area contributed by atoms with Crippen molar-refractivity contribution in [2.45, 2.75) is 50.6 Å². The second-order valence-electron chi connectivity index (χ2n) is 3.48. The third-order valence-corrected chi connectivity index (χ3v) is 2.06. The van der Waals surface area contributed by atoms with Crippen LogP contribution in [0, 0.1) is 0 Å². The van der Waals surface area contributed by atoms with Crippen molar-refractivity contribution in [2.75, 3.05) is 0 Å². The molecule has 0 radical (unpaired) electrons. The predicted octanol–water partition coefficient (Wildman–Crippen LogP) is 3.27. The van der Waals surface area contributed by atoms with E-state index < -0.39 is 37.3 Å². The molecular formula is C8H12F7NO. The van der Waals surface area contributed by atoms with E-state index in [1.54, 1.807) is 0 Å². The van der Waals surface area contributed by atoms with Gasteiger partial charge in [0.1, 0.15) is 0 Å². The lowest BCUT2D eigenvalue weighted by Crippen LogP contribution is -2.47. The van der Waals surface area contributed by atoms with Crippen LogP contribution in [-0.4, -0.2) is 24.4 Å². The van der Waals surface area contributed by atoms with Gasteiger partial charge in [0, 0.05) is 12.5 Å². The van der Waals surface area contributed by atoms with Gasteiger partial charge in [0.15, 0.2) is 0 Å². The molecule has 2 nitrogen and oxygen atoms in total. The van der Waals surface area contributed by atoms with Gasteiger partial charge in [-0.25, -0.2) is 9.13 Å². The Balaban J connectivity index is 4.75. The first-order chi connectivity index (χ1) is 7.41. The van der Waals surface area contributed by atoms with Gasteiger partial charge in [0.2, 0.25) is 0 Å². The highest BCUT2D eigenvalue weighted by molar-refractivity contribution is 4.80. The molecule has 0 aliphatic heterocycles. The fraction of sp³-hybridized carbons (Fsp3) is 1.00. The van der Waals surface area contributed by atoms with Gasteiger partial charge in [0.25, 0.3) is 0 Å². The van der Waals surface area contributed by atoms with E-state index in [-0.39, 0.29) is 6.42 Å². The normalized spacial score (nSPS) is 18.9. The monoisotopic (exact) mass is 271 g/mol. The lowest BCUT2D eigenvalue weighted by molar-refractivity contribution is -0.449. The van der Waals surface area contributed by atoms with Crippen molar-refractivity contribution < 1.29 is 35.5 Å². The van der Waals surface area contributed by atoms with E-state index in [2.05, 4.69) is 4.74 Å². The fourth-order valence-electron chi connectivity index (χ4n) is 1.01. The van der Waals surface area contributed by atoms with E-state index in [0.29, 0.717) is 0 Å². The summed E-state index contributed by atoms with van der Waals surface area (Å²) in [4.78, 5) is 0. The summed E-state index contributed by atoms with van der Waals surface area (Å²) in [5.74, 6) is -4.75. The van der Waals surface area contributed by atoms with E-state index in [9.17, 15) is 30.7 Å². The first-order valence-corrected chi connectivity index (χ1v) is 4.69. The van der Waals surface area contributed by atoms with Crippen molar-refractivity contribution in [3.8, 4) is 0 Å². The first kappa shape index (κ1) is 16.4. The van der Waals surface area contributed by atoms with Crippen molar-refractivity contribution in [3.63, 3.8) is 0 Å². The van der Waals surface area contributed by atoms with Crippen molar-refractivity contribution in [1.29, 1.82) is 0 Å². The molecule has 0 aliphatic rings. The molecule has 2 atom stereocenters. The molecule has 0 fully saturated rings. The Morgan fingerprint density at radius 3 is 1.82 bits per heavy atom.